The lowest BCUT2D eigenvalue weighted by molar-refractivity contribution is -0.117. The quantitative estimate of drug-likeness (QED) is 0.629. The summed E-state index contributed by atoms with van der Waals surface area (Å²) in [6.07, 6.45) is 3.60. The van der Waals surface area contributed by atoms with E-state index in [9.17, 15) is 13.2 Å². The zero-order chi connectivity index (χ0) is 19.3. The van der Waals surface area contributed by atoms with Crippen LogP contribution in [0.25, 0.3) is 0 Å². The minimum absolute atomic E-state index is 0.258. The second-order valence-corrected chi connectivity index (χ2v) is 8.57. The Morgan fingerprint density at radius 1 is 1.15 bits per heavy atom. The van der Waals surface area contributed by atoms with Gasteiger partial charge >= 0.3 is 0 Å². The Kier molecular flexibility index (Phi) is 6.81. The van der Waals surface area contributed by atoms with Crippen molar-refractivity contribution in [1.29, 1.82) is 0 Å². The van der Waals surface area contributed by atoms with Crippen molar-refractivity contribution >= 4 is 33.6 Å². The van der Waals surface area contributed by atoms with Gasteiger partial charge in [-0.25, -0.2) is 4.98 Å². The van der Waals surface area contributed by atoms with Crippen LogP contribution >= 0.6 is 11.8 Å². The monoisotopic (exact) mass is 397 g/mol. The molecule has 1 atom stereocenters. The molecule has 2 rings (SSSR count). The second-order valence-electron chi connectivity index (χ2n) is 6.05. The summed E-state index contributed by atoms with van der Waals surface area (Å²) in [5.74, 6) is -0.441. The lowest BCUT2D eigenvalue weighted by Crippen LogP contribution is -2.48. The Hall–Kier alpha value is -1.88. The standard InChI is InChI=1S/C16H23N5O3S2/c1-11(2)19-26(23,24)20-12(3)15(22)18-13-5-7-14(8-6-13)25-16-17-9-10-21(16)4/h5-12,19-20H,1-4H3,(H,18,22)/t12-/m0/s1. The van der Waals surface area contributed by atoms with Crippen LogP contribution < -0.4 is 14.8 Å². The van der Waals surface area contributed by atoms with Gasteiger partial charge in [0.25, 0.3) is 10.2 Å². The van der Waals surface area contributed by atoms with Gasteiger partial charge in [0.15, 0.2) is 5.16 Å². The first-order chi connectivity index (χ1) is 12.2. The summed E-state index contributed by atoms with van der Waals surface area (Å²) in [4.78, 5) is 17.4. The van der Waals surface area contributed by atoms with Crippen molar-refractivity contribution in [2.45, 2.75) is 42.9 Å². The van der Waals surface area contributed by atoms with Gasteiger partial charge in [0.2, 0.25) is 5.91 Å². The summed E-state index contributed by atoms with van der Waals surface area (Å²) in [6.45, 7) is 4.89. The first kappa shape index (κ1) is 20.4. The van der Waals surface area contributed by atoms with Crippen LogP contribution in [0.15, 0.2) is 46.7 Å². The zero-order valence-electron chi connectivity index (χ0n) is 15.1. The summed E-state index contributed by atoms with van der Waals surface area (Å²) in [5.41, 5.74) is 0.585. The molecular weight excluding hydrogens is 374 g/mol. The van der Waals surface area contributed by atoms with Gasteiger partial charge in [0, 0.05) is 36.1 Å². The van der Waals surface area contributed by atoms with Crippen LogP contribution in [0, 0.1) is 0 Å². The molecule has 1 aromatic heterocycles. The molecule has 26 heavy (non-hydrogen) atoms. The number of benzene rings is 1. The van der Waals surface area contributed by atoms with Gasteiger partial charge in [-0.3, -0.25) is 4.79 Å². The summed E-state index contributed by atoms with van der Waals surface area (Å²) < 4.78 is 30.2. The van der Waals surface area contributed by atoms with Crippen molar-refractivity contribution < 1.29 is 13.2 Å². The highest BCUT2D eigenvalue weighted by molar-refractivity contribution is 7.99. The summed E-state index contributed by atoms with van der Waals surface area (Å²) in [6, 6.07) is 6.08. The number of amides is 1. The minimum Gasteiger partial charge on any atom is -0.329 e. The van der Waals surface area contributed by atoms with E-state index < -0.39 is 22.2 Å². The molecular formula is C16H23N5O3S2. The number of nitrogens with one attached hydrogen (secondary N) is 3. The highest BCUT2D eigenvalue weighted by atomic mass is 32.2. The molecule has 0 saturated carbocycles. The number of aromatic nitrogens is 2. The Bertz CT molecular complexity index is 847. The van der Waals surface area contributed by atoms with Gasteiger partial charge in [-0.05, 0) is 45.0 Å². The topological polar surface area (TPSA) is 105 Å². The Morgan fingerprint density at radius 2 is 1.81 bits per heavy atom. The molecule has 10 heteroatoms. The Morgan fingerprint density at radius 3 is 2.35 bits per heavy atom. The maximum Gasteiger partial charge on any atom is 0.277 e. The van der Waals surface area contributed by atoms with Gasteiger partial charge in [-0.1, -0.05) is 11.8 Å². The van der Waals surface area contributed by atoms with Crippen LogP contribution in [-0.4, -0.2) is 36.0 Å². The van der Waals surface area contributed by atoms with Crippen molar-refractivity contribution in [2.75, 3.05) is 5.32 Å². The third-order valence-corrected chi connectivity index (χ3v) is 5.75. The number of nitrogens with zero attached hydrogens (tertiary/aromatic N) is 2. The molecule has 0 spiro atoms. The molecule has 1 amide bonds. The minimum atomic E-state index is -3.73. The van der Waals surface area contributed by atoms with E-state index in [1.807, 2.05) is 29.9 Å². The van der Waals surface area contributed by atoms with E-state index >= 15 is 0 Å². The van der Waals surface area contributed by atoms with Crippen LogP contribution in [0.5, 0.6) is 0 Å². The first-order valence-electron chi connectivity index (χ1n) is 8.02. The van der Waals surface area contributed by atoms with Crippen LogP contribution in [-0.2, 0) is 22.1 Å². The van der Waals surface area contributed by atoms with Crippen molar-refractivity contribution in [1.82, 2.24) is 19.0 Å². The van der Waals surface area contributed by atoms with Gasteiger partial charge in [0.1, 0.15) is 0 Å². The van der Waals surface area contributed by atoms with Gasteiger partial charge in [-0.15, -0.1) is 0 Å². The smallest absolute Gasteiger partial charge is 0.277 e. The fourth-order valence-corrected chi connectivity index (χ4v) is 4.11. The van der Waals surface area contributed by atoms with Crippen LogP contribution in [0.2, 0.25) is 0 Å². The Labute approximate surface area is 158 Å². The van der Waals surface area contributed by atoms with Crippen molar-refractivity contribution in [3.8, 4) is 0 Å². The van der Waals surface area contributed by atoms with E-state index in [1.54, 1.807) is 32.2 Å². The van der Waals surface area contributed by atoms with E-state index in [-0.39, 0.29) is 6.04 Å². The maximum atomic E-state index is 12.2. The molecule has 142 valence electrons. The molecule has 0 aliphatic carbocycles. The molecule has 0 bridgehead atoms. The number of imidazole rings is 1. The van der Waals surface area contributed by atoms with Crippen molar-refractivity contribution in [3.63, 3.8) is 0 Å². The van der Waals surface area contributed by atoms with Crippen LogP contribution in [0.4, 0.5) is 5.69 Å². The number of hydrogen-bond acceptors (Lipinski definition) is 5. The first-order valence-corrected chi connectivity index (χ1v) is 10.3. The van der Waals surface area contributed by atoms with Gasteiger partial charge < -0.3 is 9.88 Å². The van der Waals surface area contributed by atoms with Crippen LogP contribution in [0.1, 0.15) is 20.8 Å². The zero-order valence-corrected chi connectivity index (χ0v) is 16.7. The van der Waals surface area contributed by atoms with E-state index in [4.69, 9.17) is 0 Å². The molecule has 3 N–H and O–H groups in total. The molecule has 0 aliphatic rings. The molecule has 1 aromatic carbocycles. The number of carbonyl (C=O) groups is 1. The molecule has 0 aliphatic heterocycles. The largest absolute Gasteiger partial charge is 0.329 e. The molecule has 1 heterocycles. The van der Waals surface area contributed by atoms with E-state index in [2.05, 4.69) is 19.7 Å². The van der Waals surface area contributed by atoms with Crippen molar-refractivity contribution in [3.05, 3.63) is 36.7 Å². The molecule has 8 nitrogen and oxygen atoms in total. The van der Waals surface area contributed by atoms with Gasteiger partial charge in [-0.2, -0.15) is 17.9 Å². The summed E-state index contributed by atoms with van der Waals surface area (Å²) >= 11 is 1.51. The third-order valence-electron chi connectivity index (χ3n) is 3.22. The van der Waals surface area contributed by atoms with Crippen LogP contribution in [0.3, 0.4) is 0 Å². The number of hydrogen-bond donors (Lipinski definition) is 3. The summed E-state index contributed by atoms with van der Waals surface area (Å²) in [5, 5.41) is 3.55. The highest BCUT2D eigenvalue weighted by Crippen LogP contribution is 2.26. The fourth-order valence-electron chi connectivity index (χ4n) is 2.04. The van der Waals surface area contributed by atoms with E-state index in [0.717, 1.165) is 10.1 Å². The average Bonchev–Trinajstić information content (AvgIpc) is 2.92. The molecule has 0 radical (unpaired) electrons. The molecule has 0 unspecified atom stereocenters. The third kappa shape index (κ3) is 6.13. The number of aryl methyl sites for hydroxylation is 1. The summed E-state index contributed by atoms with van der Waals surface area (Å²) in [7, 11) is -1.81. The molecule has 2 aromatic rings. The maximum absolute atomic E-state index is 12.2. The lowest BCUT2D eigenvalue weighted by Gasteiger charge is -2.16. The number of rotatable bonds is 8. The number of anilines is 1. The Balaban J connectivity index is 1.93. The molecule has 0 fully saturated rings. The fraction of sp³-hybridized carbons (Fsp3) is 0.375. The predicted octanol–water partition coefficient (Wildman–Crippen LogP) is 1.73. The van der Waals surface area contributed by atoms with Crippen molar-refractivity contribution in [2.24, 2.45) is 7.05 Å². The SMILES string of the molecule is CC(C)NS(=O)(=O)N[C@@H](C)C(=O)Nc1ccc(Sc2nccn2C)cc1. The van der Waals surface area contributed by atoms with Gasteiger partial charge in [0.05, 0.1) is 6.04 Å². The predicted molar refractivity (Wildman–Crippen MR) is 102 cm³/mol. The normalized spacial score (nSPS) is 13.0. The molecule has 0 saturated heterocycles. The number of carbonyl (C=O) groups excluding carboxylic acids is 1. The van der Waals surface area contributed by atoms with E-state index in [1.165, 1.54) is 18.7 Å². The highest BCUT2D eigenvalue weighted by Gasteiger charge is 2.20. The van der Waals surface area contributed by atoms with E-state index in [0.29, 0.717) is 5.69 Å². The average molecular weight is 398 g/mol. The lowest BCUT2D eigenvalue weighted by atomic mass is 10.3. The second kappa shape index (κ2) is 8.67.